The number of esters is 2. The molecule has 2 fully saturated rings. The molecule has 358 valence electrons. The number of nitrogens with zero attached hydrogens (tertiary/aromatic N) is 2. The summed E-state index contributed by atoms with van der Waals surface area (Å²) in [5.74, 6) is -1.43. The third-order valence-corrected chi connectivity index (χ3v) is 15.4. The molecule has 0 unspecified atom stereocenters. The minimum Gasteiger partial charge on any atom is -0.507 e. The van der Waals surface area contributed by atoms with Crippen molar-refractivity contribution in [3.05, 3.63) is 115 Å². The molecular formula is C51H62N4O10S2. The molecule has 2 amide bonds. The highest BCUT2D eigenvalue weighted by molar-refractivity contribution is 8.76. The fourth-order valence-electron chi connectivity index (χ4n) is 9.85. The first kappa shape index (κ1) is 49.5. The van der Waals surface area contributed by atoms with Crippen molar-refractivity contribution >= 4 is 45.3 Å². The molecule has 4 aromatic rings. The Kier molecular flexibility index (Phi) is 16.0. The highest BCUT2D eigenvalue weighted by Gasteiger charge is 2.36. The number of phenolic OH excluding ortho intramolecular Hbond substituents is 4. The summed E-state index contributed by atoms with van der Waals surface area (Å²) in [5, 5.41) is 53.0. The van der Waals surface area contributed by atoms with Gasteiger partial charge < -0.3 is 40.5 Å². The van der Waals surface area contributed by atoms with Gasteiger partial charge in [0.1, 0.15) is 35.1 Å². The van der Waals surface area contributed by atoms with Gasteiger partial charge >= 0.3 is 11.9 Å². The summed E-state index contributed by atoms with van der Waals surface area (Å²) in [5.41, 5.74) is 8.54. The Morgan fingerprint density at radius 1 is 0.522 bits per heavy atom. The van der Waals surface area contributed by atoms with E-state index in [4.69, 9.17) is 9.47 Å². The van der Waals surface area contributed by atoms with Crippen LogP contribution in [0.3, 0.4) is 0 Å². The number of carbonyl (C=O) groups excluding carboxylic acids is 4. The monoisotopic (exact) mass is 954 g/mol. The number of hydrogen-bond acceptors (Lipinski definition) is 14. The number of amides is 2. The number of aryl methyl sites for hydroxylation is 4. The topological polar surface area (TPSA) is 198 Å². The normalized spacial score (nSPS) is 21.5. The number of nitrogens with one attached hydrogen (secondary N) is 2. The number of carbonyl (C=O) groups is 4. The Bertz CT molecular complexity index is 2360. The van der Waals surface area contributed by atoms with E-state index in [1.165, 1.54) is 35.8 Å². The third-order valence-electron chi connectivity index (χ3n) is 13.0. The predicted octanol–water partition coefficient (Wildman–Crippen LogP) is 6.15. The smallest absolute Gasteiger partial charge is 0.329 e. The maximum atomic E-state index is 13.9. The number of aromatic hydroxyl groups is 4. The Morgan fingerprint density at radius 3 is 1.10 bits per heavy atom. The lowest BCUT2D eigenvalue weighted by Crippen LogP contribution is -2.51. The van der Waals surface area contributed by atoms with Crippen LogP contribution in [0.15, 0.2) is 48.5 Å². The first-order valence-electron chi connectivity index (χ1n) is 22.8. The maximum absolute atomic E-state index is 13.9. The SMILES string of the molecule is COC(=O)[C@@H]1CSSC[C@@H](C(=O)OC)NC(=O)[C@@H]2CCCN2Cc2cc(C)cc(c2O)Cc2cc(C)cc(c2O)Cc2cc(C)cc(c2O)Cc2cc(C)cc(c2O)CN2CCC[C@H]2C(=O)N1. The Hall–Kier alpha value is -5.42. The predicted molar refractivity (Wildman–Crippen MR) is 259 cm³/mol. The summed E-state index contributed by atoms with van der Waals surface area (Å²) in [4.78, 5) is 57.8. The van der Waals surface area contributed by atoms with E-state index in [1.807, 2.05) is 86.0 Å². The van der Waals surface area contributed by atoms with E-state index in [-0.39, 0.29) is 78.7 Å². The number of fused-ring (bicyclic) bond motifs is 10. The number of methoxy groups -OCH3 is 2. The van der Waals surface area contributed by atoms with Crippen LogP contribution in [-0.4, -0.2) is 117 Å². The molecule has 14 nitrogen and oxygen atoms in total. The van der Waals surface area contributed by atoms with Crippen molar-refractivity contribution in [1.29, 1.82) is 0 Å². The number of phenols is 4. The van der Waals surface area contributed by atoms with Gasteiger partial charge in [0, 0.05) is 55.0 Å². The molecule has 0 saturated carbocycles. The molecule has 67 heavy (non-hydrogen) atoms. The molecule has 0 aromatic heterocycles. The van der Waals surface area contributed by atoms with Crippen LogP contribution in [0.1, 0.15) is 92.4 Å². The zero-order chi connectivity index (χ0) is 48.1. The van der Waals surface area contributed by atoms with Crippen LogP contribution < -0.4 is 10.6 Å². The van der Waals surface area contributed by atoms with E-state index >= 15 is 0 Å². The van der Waals surface area contributed by atoms with Crippen molar-refractivity contribution in [2.24, 2.45) is 0 Å². The number of rotatable bonds is 2. The van der Waals surface area contributed by atoms with Gasteiger partial charge in [0.2, 0.25) is 11.8 Å². The van der Waals surface area contributed by atoms with Gasteiger partial charge in [-0.3, -0.25) is 19.4 Å². The summed E-state index contributed by atoms with van der Waals surface area (Å²) in [6, 6.07) is 12.0. The van der Waals surface area contributed by atoms with Crippen molar-refractivity contribution in [2.45, 2.75) is 110 Å². The molecular weight excluding hydrogens is 893 g/mol. The second-order valence-corrected chi connectivity index (χ2v) is 20.8. The Morgan fingerprint density at radius 2 is 0.806 bits per heavy atom. The van der Waals surface area contributed by atoms with Gasteiger partial charge in [0.05, 0.1) is 26.3 Å². The average Bonchev–Trinajstić information content (AvgIpc) is 3.96. The fraction of sp³-hybridized carbons (Fsp3) is 0.451. The van der Waals surface area contributed by atoms with Crippen LogP contribution in [0.4, 0.5) is 0 Å². The van der Waals surface area contributed by atoms with Crippen LogP contribution in [-0.2, 0) is 61.0 Å². The largest absolute Gasteiger partial charge is 0.507 e. The summed E-state index contributed by atoms with van der Waals surface area (Å²) in [6.07, 6.45) is 3.23. The molecule has 3 aliphatic rings. The third kappa shape index (κ3) is 11.7. The summed E-state index contributed by atoms with van der Waals surface area (Å²) in [7, 11) is 5.01. The molecule has 8 bridgehead atoms. The highest BCUT2D eigenvalue weighted by Crippen LogP contribution is 2.38. The highest BCUT2D eigenvalue weighted by atomic mass is 33.1. The van der Waals surface area contributed by atoms with E-state index in [2.05, 4.69) is 10.6 Å². The van der Waals surface area contributed by atoms with Crippen LogP contribution in [0.2, 0.25) is 0 Å². The quantitative estimate of drug-likeness (QED) is 0.0988. The van der Waals surface area contributed by atoms with Crippen molar-refractivity contribution in [3.63, 3.8) is 0 Å². The van der Waals surface area contributed by atoms with Gasteiger partial charge in [0.25, 0.3) is 0 Å². The second-order valence-electron chi connectivity index (χ2n) is 18.3. The van der Waals surface area contributed by atoms with E-state index in [1.54, 1.807) is 0 Å². The second kappa shape index (κ2) is 21.7. The molecule has 4 aromatic carbocycles. The molecule has 16 heteroatoms. The van der Waals surface area contributed by atoms with E-state index < -0.39 is 36.1 Å². The number of ether oxygens (including phenoxy) is 2. The molecule has 7 rings (SSSR count). The van der Waals surface area contributed by atoms with Gasteiger partial charge in [-0.15, -0.1) is 0 Å². The lowest BCUT2D eigenvalue weighted by molar-refractivity contribution is -0.145. The van der Waals surface area contributed by atoms with Crippen LogP contribution in [0.25, 0.3) is 0 Å². The van der Waals surface area contributed by atoms with Crippen LogP contribution >= 0.6 is 21.6 Å². The summed E-state index contributed by atoms with van der Waals surface area (Å²) in [6.45, 7) is 9.49. The summed E-state index contributed by atoms with van der Waals surface area (Å²) >= 11 is 0. The van der Waals surface area contributed by atoms with Gasteiger partial charge in [-0.25, -0.2) is 9.59 Å². The van der Waals surface area contributed by atoms with Crippen molar-refractivity contribution in [1.82, 2.24) is 20.4 Å². The van der Waals surface area contributed by atoms with Crippen molar-refractivity contribution in [2.75, 3.05) is 38.8 Å². The van der Waals surface area contributed by atoms with Crippen LogP contribution in [0.5, 0.6) is 23.0 Å². The first-order valence-corrected chi connectivity index (χ1v) is 25.3. The lowest BCUT2D eigenvalue weighted by Gasteiger charge is -2.27. The minimum absolute atomic E-state index is 0.0644. The molecule has 0 aliphatic carbocycles. The number of hydrogen-bond donors (Lipinski definition) is 6. The van der Waals surface area contributed by atoms with E-state index in [9.17, 15) is 39.6 Å². The molecule has 0 radical (unpaired) electrons. The zero-order valence-corrected chi connectivity index (χ0v) is 40.7. The Labute approximate surface area is 400 Å². The van der Waals surface area contributed by atoms with Gasteiger partial charge in [-0.1, -0.05) is 92.4 Å². The summed E-state index contributed by atoms with van der Waals surface area (Å²) < 4.78 is 10.1. The molecule has 6 N–H and O–H groups in total. The van der Waals surface area contributed by atoms with Crippen molar-refractivity contribution < 1.29 is 49.1 Å². The van der Waals surface area contributed by atoms with E-state index in [0.717, 1.165) is 35.1 Å². The van der Waals surface area contributed by atoms with Gasteiger partial charge in [-0.2, -0.15) is 0 Å². The first-order chi connectivity index (χ1) is 32.0. The molecule has 2 saturated heterocycles. The minimum atomic E-state index is -0.999. The average molecular weight is 955 g/mol. The zero-order valence-electron chi connectivity index (χ0n) is 39.1. The standard InChI is InChI=1S/C51H62N4O10S2/c1-28-13-32-21-33-14-29(2)16-35(45(33)57)23-37-18-31(4)20-39(47(37)59)25-55-12-8-10-43(55)49(61)53-41(51(63)65-6)27-67-66-26-40(50(62)64-5)52-48(60)42-9-7-11-54(42)24-38-19-30(3)17-36(46(38)58)22-34(15-28)44(32)56/h13-20,40-43,56-59H,7-12,21-27H2,1-6H3,(H,52,60)(H,53,61)/t40-,41-,42-,43-/m0/s1. The molecule has 4 atom stereocenters. The molecule has 3 heterocycles. The van der Waals surface area contributed by atoms with E-state index in [0.29, 0.717) is 70.4 Å². The fourth-order valence-corrected chi connectivity index (χ4v) is 12.2. The number of benzene rings is 4. The van der Waals surface area contributed by atoms with Gasteiger partial charge in [-0.05, 0) is 99.8 Å². The van der Waals surface area contributed by atoms with Crippen LogP contribution in [0, 0.1) is 27.7 Å². The maximum Gasteiger partial charge on any atom is 0.329 e. The molecule has 0 spiro atoms. The van der Waals surface area contributed by atoms with Gasteiger partial charge in [0.15, 0.2) is 0 Å². The molecule has 3 aliphatic heterocycles. The Balaban J connectivity index is 1.24. The lowest BCUT2D eigenvalue weighted by atomic mass is 9.91. The van der Waals surface area contributed by atoms with Crippen molar-refractivity contribution in [3.8, 4) is 23.0 Å².